The van der Waals surface area contributed by atoms with Gasteiger partial charge in [0, 0.05) is 18.4 Å². The summed E-state index contributed by atoms with van der Waals surface area (Å²) in [5.74, 6) is -0.152. The fraction of sp³-hybridized carbons (Fsp3) is 0.429. The largest absolute Gasteiger partial charge is 0.445 e. The fourth-order valence-corrected chi connectivity index (χ4v) is 1.65. The Bertz CT molecular complexity index is 570. The van der Waals surface area contributed by atoms with Crippen LogP contribution < -0.4 is 0 Å². The lowest BCUT2D eigenvalue weighted by Crippen LogP contribution is -2.25. The van der Waals surface area contributed by atoms with Crippen molar-refractivity contribution in [2.45, 2.75) is 26.0 Å². The number of rotatable bonds is 7. The predicted octanol–water partition coefficient (Wildman–Crippen LogP) is 3.26. The van der Waals surface area contributed by atoms with Crippen LogP contribution in [0.1, 0.15) is 18.1 Å². The molecular formula is C14H17ClN4O3. The van der Waals surface area contributed by atoms with Gasteiger partial charge in [0.1, 0.15) is 12.4 Å². The molecule has 8 heteroatoms. The molecule has 1 amide bonds. The molecule has 1 atom stereocenters. The molecule has 0 unspecified atom stereocenters. The van der Waals surface area contributed by atoms with Crippen LogP contribution >= 0.6 is 11.6 Å². The van der Waals surface area contributed by atoms with E-state index >= 15 is 0 Å². The molecule has 7 nitrogen and oxygen atoms in total. The number of Topliss-reactive ketones (excluding diaryl/α,β-unsaturated/α-hetero) is 1. The Kier molecular flexibility index (Phi) is 7.22. The summed E-state index contributed by atoms with van der Waals surface area (Å²) >= 11 is 5.51. The zero-order chi connectivity index (χ0) is 16.5. The lowest BCUT2D eigenvalue weighted by molar-refractivity contribution is -0.119. The summed E-state index contributed by atoms with van der Waals surface area (Å²) in [4.78, 5) is 27.0. The van der Waals surface area contributed by atoms with Crippen molar-refractivity contribution in [3.05, 3.63) is 45.8 Å². The number of hydrogen-bond acceptors (Lipinski definition) is 4. The minimum Gasteiger partial charge on any atom is -0.445 e. The predicted molar refractivity (Wildman–Crippen MR) is 82.4 cm³/mol. The van der Waals surface area contributed by atoms with Crippen LogP contribution in [0.15, 0.2) is 29.4 Å². The zero-order valence-corrected chi connectivity index (χ0v) is 13.2. The SMILES string of the molecule is C[C@H](N=[N+]=[N-])C(=O)Cc1ccc(COC(=O)N(C)CCl)cc1. The van der Waals surface area contributed by atoms with E-state index in [-0.39, 0.29) is 24.8 Å². The van der Waals surface area contributed by atoms with Gasteiger partial charge in [0.25, 0.3) is 0 Å². The molecule has 0 fully saturated rings. The molecular weight excluding hydrogens is 308 g/mol. The number of alkyl halides is 1. The molecule has 0 bridgehead atoms. The zero-order valence-electron chi connectivity index (χ0n) is 12.4. The van der Waals surface area contributed by atoms with E-state index in [0.29, 0.717) is 0 Å². The highest BCUT2D eigenvalue weighted by Gasteiger charge is 2.12. The van der Waals surface area contributed by atoms with Crippen LogP contribution in [-0.4, -0.2) is 35.9 Å². The van der Waals surface area contributed by atoms with Crippen LogP contribution in [-0.2, 0) is 22.6 Å². The first-order valence-corrected chi connectivity index (χ1v) is 7.10. The molecule has 0 radical (unpaired) electrons. The number of nitrogens with zero attached hydrogens (tertiary/aromatic N) is 4. The van der Waals surface area contributed by atoms with Crippen molar-refractivity contribution in [1.82, 2.24) is 4.90 Å². The molecule has 0 saturated heterocycles. The van der Waals surface area contributed by atoms with Gasteiger partial charge in [0.15, 0.2) is 0 Å². The fourth-order valence-electron chi connectivity index (χ4n) is 1.55. The normalized spacial score (nSPS) is 11.2. The van der Waals surface area contributed by atoms with Gasteiger partial charge in [0.2, 0.25) is 0 Å². The van der Waals surface area contributed by atoms with Crippen LogP contribution in [0.3, 0.4) is 0 Å². The van der Waals surface area contributed by atoms with Gasteiger partial charge in [-0.25, -0.2) is 4.79 Å². The summed E-state index contributed by atoms with van der Waals surface area (Å²) in [6.45, 7) is 1.69. The monoisotopic (exact) mass is 324 g/mol. The van der Waals surface area contributed by atoms with Gasteiger partial charge < -0.3 is 4.74 Å². The Morgan fingerprint density at radius 2 is 1.95 bits per heavy atom. The van der Waals surface area contributed by atoms with Crippen LogP contribution in [0.4, 0.5) is 4.79 Å². The maximum absolute atomic E-state index is 11.8. The Morgan fingerprint density at radius 3 is 2.50 bits per heavy atom. The van der Waals surface area contributed by atoms with E-state index in [2.05, 4.69) is 10.0 Å². The van der Waals surface area contributed by atoms with Crippen molar-refractivity contribution in [1.29, 1.82) is 0 Å². The maximum Gasteiger partial charge on any atom is 0.410 e. The number of ketones is 1. The summed E-state index contributed by atoms with van der Waals surface area (Å²) in [5.41, 5.74) is 9.91. The first kappa shape index (κ1) is 17.8. The molecule has 0 N–H and O–H groups in total. The van der Waals surface area contributed by atoms with Crippen LogP contribution in [0.5, 0.6) is 0 Å². The summed E-state index contributed by atoms with van der Waals surface area (Å²) in [5, 5.41) is 3.37. The van der Waals surface area contributed by atoms with E-state index in [1.165, 1.54) is 11.9 Å². The van der Waals surface area contributed by atoms with E-state index in [1.54, 1.807) is 31.2 Å². The first-order valence-electron chi connectivity index (χ1n) is 6.56. The van der Waals surface area contributed by atoms with Crippen molar-refractivity contribution in [2.75, 3.05) is 13.1 Å². The third kappa shape index (κ3) is 5.63. The molecule has 0 aliphatic carbocycles. The molecule has 1 aromatic carbocycles. The van der Waals surface area contributed by atoms with Gasteiger partial charge in [-0.15, -0.1) is 11.6 Å². The summed E-state index contributed by atoms with van der Waals surface area (Å²) in [6.07, 6.45) is -0.313. The Labute approximate surface area is 133 Å². The molecule has 0 aliphatic rings. The summed E-state index contributed by atoms with van der Waals surface area (Å²) in [6, 6.07) is 6.47. The molecule has 1 aromatic rings. The number of amides is 1. The number of benzene rings is 1. The molecule has 0 aromatic heterocycles. The van der Waals surface area contributed by atoms with E-state index in [0.717, 1.165) is 11.1 Å². The molecule has 0 spiro atoms. The standard InChI is InChI=1S/C14H17ClN4O3/c1-10(17-18-16)13(20)7-11-3-5-12(6-4-11)8-22-14(21)19(2)9-15/h3-6,10H,7-9H2,1-2H3/t10-/m0/s1. The second-order valence-corrected chi connectivity index (χ2v) is 4.95. The lowest BCUT2D eigenvalue weighted by atomic mass is 10.0. The highest BCUT2D eigenvalue weighted by molar-refractivity contribution is 6.18. The Morgan fingerprint density at radius 1 is 1.36 bits per heavy atom. The van der Waals surface area contributed by atoms with E-state index in [1.807, 2.05) is 0 Å². The Balaban J connectivity index is 2.54. The van der Waals surface area contributed by atoms with Crippen molar-refractivity contribution in [2.24, 2.45) is 5.11 Å². The summed E-state index contributed by atoms with van der Waals surface area (Å²) in [7, 11) is 1.54. The second-order valence-electron chi connectivity index (χ2n) is 4.71. The van der Waals surface area contributed by atoms with Crippen LogP contribution in [0, 0.1) is 0 Å². The minimum atomic E-state index is -0.684. The number of hydrogen-bond donors (Lipinski definition) is 0. The molecule has 0 saturated carbocycles. The first-order chi connectivity index (χ1) is 10.5. The molecule has 22 heavy (non-hydrogen) atoms. The average Bonchev–Trinajstić information content (AvgIpc) is 2.53. The topological polar surface area (TPSA) is 95.4 Å². The van der Waals surface area contributed by atoms with Crippen LogP contribution in [0.25, 0.3) is 10.4 Å². The van der Waals surface area contributed by atoms with Crippen molar-refractivity contribution in [3.63, 3.8) is 0 Å². The van der Waals surface area contributed by atoms with E-state index < -0.39 is 12.1 Å². The molecule has 1 rings (SSSR count). The van der Waals surface area contributed by atoms with Gasteiger partial charge >= 0.3 is 6.09 Å². The molecule has 0 heterocycles. The highest BCUT2D eigenvalue weighted by Crippen LogP contribution is 2.09. The van der Waals surface area contributed by atoms with Gasteiger partial charge in [0.05, 0.1) is 12.0 Å². The third-order valence-electron chi connectivity index (χ3n) is 2.95. The minimum absolute atomic E-state index is 0.0588. The van der Waals surface area contributed by atoms with Gasteiger partial charge in [-0.2, -0.15) is 0 Å². The molecule has 0 aliphatic heterocycles. The van der Waals surface area contributed by atoms with Gasteiger partial charge in [-0.3, -0.25) is 9.69 Å². The number of carbonyl (C=O) groups excluding carboxylic acids is 2. The second kappa shape index (κ2) is 8.92. The van der Waals surface area contributed by atoms with Gasteiger partial charge in [-0.05, 0) is 23.6 Å². The average molecular weight is 325 g/mol. The number of ether oxygens (including phenoxy) is 1. The third-order valence-corrected chi connectivity index (χ3v) is 3.30. The quantitative estimate of drug-likeness (QED) is 0.253. The van der Waals surface area contributed by atoms with Crippen molar-refractivity contribution in [3.8, 4) is 0 Å². The highest BCUT2D eigenvalue weighted by atomic mass is 35.5. The van der Waals surface area contributed by atoms with Crippen molar-refractivity contribution < 1.29 is 14.3 Å². The maximum atomic E-state index is 11.8. The smallest absolute Gasteiger partial charge is 0.410 e. The molecule has 118 valence electrons. The Hall–Kier alpha value is -2.24. The summed E-state index contributed by atoms with van der Waals surface area (Å²) < 4.78 is 5.05. The van der Waals surface area contributed by atoms with Gasteiger partial charge in [-0.1, -0.05) is 29.4 Å². The lowest BCUT2D eigenvalue weighted by Gasteiger charge is -2.13. The number of halogens is 1. The number of azide groups is 1. The van der Waals surface area contributed by atoms with Crippen molar-refractivity contribution >= 4 is 23.5 Å². The van der Waals surface area contributed by atoms with E-state index in [4.69, 9.17) is 21.9 Å². The number of carbonyl (C=O) groups is 2. The van der Waals surface area contributed by atoms with E-state index in [9.17, 15) is 9.59 Å². The van der Waals surface area contributed by atoms with Crippen LogP contribution in [0.2, 0.25) is 0 Å².